The molecule has 1 aromatic heterocycles. The van der Waals surface area contributed by atoms with Crippen LogP contribution in [0, 0.1) is 19.7 Å². The minimum Gasteiger partial charge on any atom is -0.420 e. The molecule has 1 amide bonds. The number of thioether (sulfide) groups is 1. The number of oxazole rings is 1. The lowest BCUT2D eigenvalue weighted by molar-refractivity contribution is -0.122. The second-order valence-electron chi connectivity index (χ2n) is 8.91. The number of halogens is 1. The smallest absolute Gasteiger partial charge is 0.266 e. The molecule has 0 bridgehead atoms. The number of ether oxygens (including phenoxy) is 1. The number of nitrogens with zero attached hydrogens (tertiary/aromatic N) is 3. The van der Waals surface area contributed by atoms with Crippen LogP contribution in [0.25, 0.3) is 6.08 Å². The number of carbonyl (C=O) groups excluding carboxylic acids is 1. The summed E-state index contributed by atoms with van der Waals surface area (Å²) in [5.41, 5.74) is 2.53. The van der Waals surface area contributed by atoms with Gasteiger partial charge in [-0.3, -0.25) is 9.69 Å². The second-order valence-corrected chi connectivity index (χ2v) is 12.4. The van der Waals surface area contributed by atoms with Gasteiger partial charge in [-0.25, -0.2) is 12.8 Å². The van der Waals surface area contributed by atoms with Gasteiger partial charge in [0, 0.05) is 19.2 Å². The fourth-order valence-corrected chi connectivity index (χ4v) is 6.66. The van der Waals surface area contributed by atoms with Crippen LogP contribution in [0.15, 0.2) is 61.7 Å². The van der Waals surface area contributed by atoms with Crippen molar-refractivity contribution in [1.82, 2.24) is 9.88 Å². The zero-order valence-electron chi connectivity index (χ0n) is 20.6. The molecule has 38 heavy (non-hydrogen) atoms. The molecule has 198 valence electrons. The predicted molar refractivity (Wildman–Crippen MR) is 146 cm³/mol. The van der Waals surface area contributed by atoms with Gasteiger partial charge < -0.3 is 14.1 Å². The summed E-state index contributed by atoms with van der Waals surface area (Å²) in [5, 5.41) is -0.212. The largest absolute Gasteiger partial charge is 0.420 e. The molecule has 3 heterocycles. The second kappa shape index (κ2) is 10.6. The molecular formula is C26H24FN3O5S3. The quantitative estimate of drug-likeness (QED) is 0.312. The molecular weight excluding hydrogens is 550 g/mol. The van der Waals surface area contributed by atoms with Crippen LogP contribution in [-0.4, -0.2) is 54.8 Å². The van der Waals surface area contributed by atoms with Gasteiger partial charge in [-0.15, -0.1) is 0 Å². The molecule has 0 saturated carbocycles. The van der Waals surface area contributed by atoms with E-state index in [4.69, 9.17) is 21.4 Å². The summed E-state index contributed by atoms with van der Waals surface area (Å²) in [7, 11) is -4.03. The highest BCUT2D eigenvalue weighted by molar-refractivity contribution is 8.26. The van der Waals surface area contributed by atoms with Crippen molar-refractivity contribution >= 4 is 56.0 Å². The maximum absolute atomic E-state index is 13.7. The number of carbonyl (C=O) groups is 1. The van der Waals surface area contributed by atoms with Crippen molar-refractivity contribution in [2.24, 2.45) is 0 Å². The van der Waals surface area contributed by atoms with Gasteiger partial charge in [0.1, 0.15) is 10.1 Å². The summed E-state index contributed by atoms with van der Waals surface area (Å²) < 4.78 is 52.3. The third-order valence-corrected chi connectivity index (χ3v) is 9.35. The molecule has 0 unspecified atom stereocenters. The lowest BCUT2D eigenvalue weighted by atomic mass is 10.1. The highest BCUT2D eigenvalue weighted by Crippen LogP contribution is 2.37. The molecule has 0 spiro atoms. The van der Waals surface area contributed by atoms with Crippen molar-refractivity contribution in [1.29, 1.82) is 0 Å². The summed E-state index contributed by atoms with van der Waals surface area (Å²) in [5.74, 6) is -0.643. The van der Waals surface area contributed by atoms with Crippen LogP contribution >= 0.6 is 24.0 Å². The number of aryl methyl sites for hydroxylation is 2. The van der Waals surface area contributed by atoms with Gasteiger partial charge >= 0.3 is 0 Å². The van der Waals surface area contributed by atoms with Gasteiger partial charge in [-0.05, 0) is 54.8 Å². The number of aromatic nitrogens is 1. The van der Waals surface area contributed by atoms with Crippen LogP contribution in [0.1, 0.15) is 22.6 Å². The summed E-state index contributed by atoms with van der Waals surface area (Å²) in [6.45, 7) is 5.64. The average molecular weight is 574 g/mol. The topological polar surface area (TPSA) is 93.0 Å². The SMILES string of the molecule is Cc1ccc(S(=O)(=O)c2nc(C=C3SC(=S)N(Cc4ccc(F)cc4)C3=O)oc2N2CCOCC2)cc1C. The van der Waals surface area contributed by atoms with E-state index in [-0.39, 0.29) is 44.9 Å². The van der Waals surface area contributed by atoms with E-state index in [1.807, 2.05) is 13.8 Å². The maximum Gasteiger partial charge on any atom is 0.266 e. The number of morpholine rings is 1. The fourth-order valence-electron chi connectivity index (χ4n) is 4.03. The number of amides is 1. The minimum atomic E-state index is -4.03. The zero-order valence-corrected chi connectivity index (χ0v) is 23.1. The molecule has 0 radical (unpaired) electrons. The molecule has 0 aliphatic carbocycles. The van der Waals surface area contributed by atoms with Crippen molar-refractivity contribution in [2.45, 2.75) is 30.3 Å². The van der Waals surface area contributed by atoms with E-state index < -0.39 is 9.84 Å². The van der Waals surface area contributed by atoms with E-state index in [0.717, 1.165) is 28.5 Å². The molecule has 5 rings (SSSR count). The van der Waals surface area contributed by atoms with Gasteiger partial charge in [0.05, 0.1) is 29.6 Å². The third kappa shape index (κ3) is 5.26. The van der Waals surface area contributed by atoms with Crippen LogP contribution in [0.2, 0.25) is 0 Å². The average Bonchev–Trinajstić information content (AvgIpc) is 3.44. The van der Waals surface area contributed by atoms with E-state index in [1.54, 1.807) is 35.2 Å². The first-order chi connectivity index (χ1) is 18.1. The molecule has 12 heteroatoms. The van der Waals surface area contributed by atoms with Gasteiger partial charge in [0.25, 0.3) is 5.91 Å². The summed E-state index contributed by atoms with van der Waals surface area (Å²) in [6.07, 6.45) is 1.41. The Kier molecular flexibility index (Phi) is 7.40. The van der Waals surface area contributed by atoms with E-state index in [9.17, 15) is 17.6 Å². The molecule has 8 nitrogen and oxygen atoms in total. The van der Waals surface area contributed by atoms with Gasteiger partial charge in [-0.1, -0.05) is 42.2 Å². The van der Waals surface area contributed by atoms with Crippen LogP contribution in [0.4, 0.5) is 10.3 Å². The van der Waals surface area contributed by atoms with E-state index in [2.05, 4.69) is 4.98 Å². The number of anilines is 1. The summed E-state index contributed by atoms with van der Waals surface area (Å²) in [6, 6.07) is 10.7. The molecule has 2 aliphatic heterocycles. The van der Waals surface area contributed by atoms with Crippen molar-refractivity contribution < 1.29 is 26.8 Å². The van der Waals surface area contributed by atoms with Crippen LogP contribution < -0.4 is 4.90 Å². The molecule has 2 aliphatic rings. The van der Waals surface area contributed by atoms with E-state index in [0.29, 0.717) is 30.6 Å². The number of benzene rings is 2. The number of thiocarbonyl (C=S) groups is 1. The molecule has 2 fully saturated rings. The van der Waals surface area contributed by atoms with Gasteiger partial charge in [0.15, 0.2) is 0 Å². The lowest BCUT2D eigenvalue weighted by Crippen LogP contribution is -2.36. The van der Waals surface area contributed by atoms with Crippen molar-refractivity contribution in [3.8, 4) is 0 Å². The molecule has 3 aromatic rings. The Morgan fingerprint density at radius 1 is 1.11 bits per heavy atom. The Hall–Kier alpha value is -3.06. The fraction of sp³-hybridized carbons (Fsp3) is 0.269. The number of rotatable bonds is 6. The first kappa shape index (κ1) is 26.5. The monoisotopic (exact) mass is 573 g/mol. The molecule has 2 aromatic carbocycles. The first-order valence-corrected chi connectivity index (χ1v) is 14.5. The van der Waals surface area contributed by atoms with Gasteiger partial charge in [0.2, 0.25) is 26.6 Å². The normalized spacial score (nSPS) is 17.6. The zero-order chi connectivity index (χ0) is 27.0. The Morgan fingerprint density at radius 2 is 1.82 bits per heavy atom. The Balaban J connectivity index is 1.50. The Labute approximate surface area is 229 Å². The number of hydrogen-bond acceptors (Lipinski definition) is 9. The number of sulfone groups is 1. The highest BCUT2D eigenvalue weighted by Gasteiger charge is 2.35. The van der Waals surface area contributed by atoms with Crippen LogP contribution in [0.3, 0.4) is 0 Å². The Morgan fingerprint density at radius 3 is 2.50 bits per heavy atom. The van der Waals surface area contributed by atoms with E-state index in [1.165, 1.54) is 23.1 Å². The standard InChI is InChI=1S/C26H24FN3O5S3/c1-16-3-8-20(13-17(16)2)38(32,33)23-25(29-9-11-34-12-10-29)35-22(28-23)14-21-24(31)30(26(36)37-21)15-18-4-6-19(27)7-5-18/h3-8,13-14H,9-12,15H2,1-2H3. The van der Waals surface area contributed by atoms with Crippen LogP contribution in [-0.2, 0) is 25.9 Å². The summed E-state index contributed by atoms with van der Waals surface area (Å²) in [4.78, 5) is 21.0. The molecule has 2 saturated heterocycles. The lowest BCUT2D eigenvalue weighted by Gasteiger charge is -2.26. The van der Waals surface area contributed by atoms with E-state index >= 15 is 0 Å². The predicted octanol–water partition coefficient (Wildman–Crippen LogP) is 4.50. The first-order valence-electron chi connectivity index (χ1n) is 11.8. The van der Waals surface area contributed by atoms with Crippen molar-refractivity contribution in [3.05, 3.63) is 75.8 Å². The van der Waals surface area contributed by atoms with Crippen molar-refractivity contribution in [3.63, 3.8) is 0 Å². The molecule has 0 atom stereocenters. The minimum absolute atomic E-state index is 0.0174. The van der Waals surface area contributed by atoms with Crippen molar-refractivity contribution in [2.75, 3.05) is 31.2 Å². The summed E-state index contributed by atoms with van der Waals surface area (Å²) >= 11 is 6.47. The third-order valence-electron chi connectivity index (χ3n) is 6.32. The highest BCUT2D eigenvalue weighted by atomic mass is 32.2. The Bertz CT molecular complexity index is 1540. The van der Waals surface area contributed by atoms with Crippen LogP contribution in [0.5, 0.6) is 0 Å². The maximum atomic E-state index is 13.7. The van der Waals surface area contributed by atoms with Gasteiger partial charge in [-0.2, -0.15) is 4.98 Å². The molecule has 0 N–H and O–H groups in total. The number of hydrogen-bond donors (Lipinski definition) is 0.